The molecule has 3 heteroatoms. The van der Waals surface area contributed by atoms with Gasteiger partial charge in [0.05, 0.1) is 7.11 Å². The highest BCUT2D eigenvalue weighted by Gasteiger charge is 2.34. The summed E-state index contributed by atoms with van der Waals surface area (Å²) in [5.74, 6) is 2.92. The van der Waals surface area contributed by atoms with Gasteiger partial charge in [0.25, 0.3) is 0 Å². The Morgan fingerprint density at radius 1 is 0.900 bits per heavy atom. The molecular formula is C37H52O3. The Hall–Kier alpha value is -2.94. The lowest BCUT2D eigenvalue weighted by Gasteiger charge is -2.38. The minimum absolute atomic E-state index is 0.141. The molecule has 0 aromatic heterocycles. The van der Waals surface area contributed by atoms with E-state index in [1.165, 1.54) is 45.4 Å². The smallest absolute Gasteiger partial charge is 0.127 e. The summed E-state index contributed by atoms with van der Waals surface area (Å²) >= 11 is 0. The van der Waals surface area contributed by atoms with Gasteiger partial charge in [-0.05, 0) is 141 Å². The van der Waals surface area contributed by atoms with Gasteiger partial charge < -0.3 is 14.2 Å². The number of hydrogen-bond acceptors (Lipinski definition) is 3. The van der Waals surface area contributed by atoms with Gasteiger partial charge >= 0.3 is 0 Å². The van der Waals surface area contributed by atoms with Gasteiger partial charge in [0.15, 0.2) is 0 Å². The van der Waals surface area contributed by atoms with Crippen LogP contribution in [0.4, 0.5) is 0 Å². The molecule has 1 atom stereocenters. The van der Waals surface area contributed by atoms with Crippen LogP contribution in [0.5, 0.6) is 17.2 Å². The quantitative estimate of drug-likeness (QED) is 0.235. The second-order valence-corrected chi connectivity index (χ2v) is 12.2. The minimum atomic E-state index is -0.141. The molecule has 3 nitrogen and oxygen atoms in total. The highest BCUT2D eigenvalue weighted by molar-refractivity contribution is 5.59. The zero-order valence-corrected chi connectivity index (χ0v) is 26.6. The van der Waals surface area contributed by atoms with E-state index in [0.717, 1.165) is 67.8 Å². The van der Waals surface area contributed by atoms with E-state index < -0.39 is 0 Å². The van der Waals surface area contributed by atoms with Crippen LogP contribution in [0.25, 0.3) is 0 Å². The van der Waals surface area contributed by atoms with E-state index in [1.807, 2.05) is 18.2 Å². The molecule has 1 aliphatic rings. The normalized spacial score (nSPS) is 17.2. The lowest BCUT2D eigenvalue weighted by Crippen LogP contribution is -2.37. The summed E-state index contributed by atoms with van der Waals surface area (Å²) in [5, 5.41) is 0. The molecule has 1 aliphatic heterocycles. The molecule has 2 aromatic carbocycles. The zero-order valence-electron chi connectivity index (χ0n) is 26.6. The molecule has 3 rings (SSSR count). The fraction of sp³-hybridized carbons (Fsp3) is 0.514. The predicted molar refractivity (Wildman–Crippen MR) is 170 cm³/mol. The molecule has 218 valence electrons. The Morgan fingerprint density at radius 2 is 1.57 bits per heavy atom. The van der Waals surface area contributed by atoms with Crippen LogP contribution in [0, 0.1) is 20.8 Å². The molecule has 0 radical (unpaired) electrons. The topological polar surface area (TPSA) is 27.7 Å². The van der Waals surface area contributed by atoms with E-state index in [4.69, 9.17) is 14.2 Å². The van der Waals surface area contributed by atoms with Crippen LogP contribution in [0.1, 0.15) is 107 Å². The monoisotopic (exact) mass is 544 g/mol. The second-order valence-electron chi connectivity index (χ2n) is 12.2. The lowest BCUT2D eigenvalue weighted by molar-refractivity contribution is 0.0557. The first kappa shape index (κ1) is 31.6. The summed E-state index contributed by atoms with van der Waals surface area (Å²) in [5.41, 5.74) is 10.2. The molecule has 0 amide bonds. The van der Waals surface area contributed by atoms with E-state index in [9.17, 15) is 0 Å². The number of fused-ring (bicyclic) bond motifs is 1. The predicted octanol–water partition coefficient (Wildman–Crippen LogP) is 10.5. The van der Waals surface area contributed by atoms with Crippen LogP contribution in [-0.4, -0.2) is 12.7 Å². The van der Waals surface area contributed by atoms with Crippen molar-refractivity contribution in [1.29, 1.82) is 0 Å². The summed E-state index contributed by atoms with van der Waals surface area (Å²) < 4.78 is 18.6. The molecule has 40 heavy (non-hydrogen) atoms. The molecule has 0 aliphatic carbocycles. The van der Waals surface area contributed by atoms with E-state index in [0.29, 0.717) is 6.61 Å². The Balaban J connectivity index is 1.59. The average Bonchev–Trinajstić information content (AvgIpc) is 2.91. The molecule has 0 N–H and O–H groups in total. The number of hydrogen-bond donors (Lipinski definition) is 0. The number of allylic oxidation sites excluding steroid dienone is 6. The van der Waals surface area contributed by atoms with Gasteiger partial charge in [0.2, 0.25) is 0 Å². The van der Waals surface area contributed by atoms with Crippen molar-refractivity contribution in [3.8, 4) is 17.2 Å². The van der Waals surface area contributed by atoms with Gasteiger partial charge in [-0.15, -0.1) is 0 Å². The van der Waals surface area contributed by atoms with Crippen molar-refractivity contribution in [2.24, 2.45) is 0 Å². The maximum Gasteiger partial charge on any atom is 0.127 e. The molecule has 0 unspecified atom stereocenters. The van der Waals surface area contributed by atoms with E-state index in [-0.39, 0.29) is 5.60 Å². The van der Waals surface area contributed by atoms with E-state index in [2.05, 4.69) is 79.7 Å². The molecular weight excluding hydrogens is 492 g/mol. The first-order valence-electron chi connectivity index (χ1n) is 15.0. The first-order chi connectivity index (χ1) is 19.0. The van der Waals surface area contributed by atoms with Crippen molar-refractivity contribution < 1.29 is 14.2 Å². The Bertz CT molecular complexity index is 1240. The van der Waals surface area contributed by atoms with Gasteiger partial charge in [-0.3, -0.25) is 0 Å². The average molecular weight is 545 g/mol. The van der Waals surface area contributed by atoms with Crippen LogP contribution < -0.4 is 14.2 Å². The number of methoxy groups -OCH3 is 1. The molecule has 0 saturated heterocycles. The maximum atomic E-state index is 6.79. The number of ether oxygens (including phenoxy) is 3. The largest absolute Gasteiger partial charge is 0.497 e. The van der Waals surface area contributed by atoms with Crippen LogP contribution in [0.15, 0.2) is 59.2 Å². The molecule has 0 saturated carbocycles. The van der Waals surface area contributed by atoms with Crippen molar-refractivity contribution in [2.45, 2.75) is 119 Å². The van der Waals surface area contributed by atoms with Crippen molar-refractivity contribution in [1.82, 2.24) is 0 Å². The minimum Gasteiger partial charge on any atom is -0.497 e. The molecule has 0 bridgehead atoms. The fourth-order valence-electron chi connectivity index (χ4n) is 5.55. The zero-order chi connectivity index (χ0) is 29.3. The van der Waals surface area contributed by atoms with Crippen LogP contribution in [-0.2, 0) is 13.0 Å². The number of rotatable bonds is 13. The molecule has 0 fully saturated rings. The third-order valence-corrected chi connectivity index (χ3v) is 8.37. The van der Waals surface area contributed by atoms with Gasteiger partial charge in [0.1, 0.15) is 29.5 Å². The Kier molecular flexibility index (Phi) is 11.5. The Labute approximate surface area is 244 Å². The molecule has 0 spiro atoms. The summed E-state index contributed by atoms with van der Waals surface area (Å²) in [4.78, 5) is 0. The summed E-state index contributed by atoms with van der Waals surface area (Å²) in [6.45, 7) is 18.2. The third kappa shape index (κ3) is 8.78. The molecule has 2 aromatic rings. The highest BCUT2D eigenvalue weighted by atomic mass is 16.5. The summed E-state index contributed by atoms with van der Waals surface area (Å²) in [6.07, 6.45) is 15.9. The first-order valence-corrected chi connectivity index (χ1v) is 15.0. The van der Waals surface area contributed by atoms with Crippen molar-refractivity contribution in [3.63, 3.8) is 0 Å². The van der Waals surface area contributed by atoms with Crippen LogP contribution in [0.2, 0.25) is 0 Å². The Morgan fingerprint density at radius 3 is 2.25 bits per heavy atom. The SMILES string of the molecule is COc1cccc(COc2c(C)c(C)c3c(c2C)CC[C@@](C)(CC/C=C(\C)CC/C=C(\C)CCC=C(C)C)O3)c1. The van der Waals surface area contributed by atoms with Gasteiger partial charge in [-0.25, -0.2) is 0 Å². The van der Waals surface area contributed by atoms with Crippen LogP contribution >= 0.6 is 0 Å². The van der Waals surface area contributed by atoms with Crippen molar-refractivity contribution >= 4 is 0 Å². The van der Waals surface area contributed by atoms with Crippen molar-refractivity contribution in [2.75, 3.05) is 7.11 Å². The fourth-order valence-corrected chi connectivity index (χ4v) is 5.55. The van der Waals surface area contributed by atoms with Gasteiger partial charge in [0, 0.05) is 5.56 Å². The number of benzene rings is 2. The third-order valence-electron chi connectivity index (χ3n) is 8.37. The van der Waals surface area contributed by atoms with Crippen molar-refractivity contribution in [3.05, 3.63) is 87.0 Å². The second kappa shape index (κ2) is 14.6. The van der Waals surface area contributed by atoms with E-state index >= 15 is 0 Å². The highest BCUT2D eigenvalue weighted by Crippen LogP contribution is 2.45. The molecule has 1 heterocycles. The van der Waals surface area contributed by atoms with Gasteiger partial charge in [-0.2, -0.15) is 0 Å². The van der Waals surface area contributed by atoms with Gasteiger partial charge in [-0.1, -0.05) is 47.1 Å². The van der Waals surface area contributed by atoms with Crippen LogP contribution in [0.3, 0.4) is 0 Å². The standard InChI is InChI=1S/C37H52O3/c1-26(2)14-10-15-27(3)16-11-17-28(4)18-13-22-37(8)23-21-34-31(7)35(29(5)30(6)36(34)40-37)39-25-32-19-12-20-33(24-32)38-9/h12,14,16,18-20,24H,10-11,13,15,17,21-23,25H2,1-9H3/b27-16+,28-18+/t37-/m1/s1. The summed E-state index contributed by atoms with van der Waals surface area (Å²) in [7, 11) is 1.70. The lowest BCUT2D eigenvalue weighted by atomic mass is 9.85. The summed E-state index contributed by atoms with van der Waals surface area (Å²) in [6, 6.07) is 8.08. The maximum absolute atomic E-state index is 6.79. The van der Waals surface area contributed by atoms with E-state index in [1.54, 1.807) is 7.11 Å².